The predicted molar refractivity (Wildman–Crippen MR) is 44.1 cm³/mol. The molecule has 1 aliphatic rings. The highest BCUT2D eigenvalue weighted by molar-refractivity contribution is 4.72. The zero-order valence-electron chi connectivity index (χ0n) is 7.83. The van der Waals surface area contributed by atoms with Gasteiger partial charge in [0.25, 0.3) is 0 Å². The number of ether oxygens (including phenoxy) is 2. The summed E-state index contributed by atoms with van der Waals surface area (Å²) >= 11 is 0. The van der Waals surface area contributed by atoms with Crippen LogP contribution in [-0.2, 0) is 9.47 Å². The Morgan fingerprint density at radius 3 is 2.58 bits per heavy atom. The van der Waals surface area contributed by atoms with Gasteiger partial charge in [-0.15, -0.1) is 0 Å². The van der Waals surface area contributed by atoms with Crippen LogP contribution in [0, 0.1) is 0 Å². The predicted octanol–water partition coefficient (Wildman–Crippen LogP) is 0.543. The summed E-state index contributed by atoms with van der Waals surface area (Å²) in [6.07, 6.45) is 0.904. The van der Waals surface area contributed by atoms with Gasteiger partial charge in [0.1, 0.15) is 5.72 Å². The fraction of sp³-hybridized carbons (Fsp3) is 1.00. The molecule has 1 heterocycles. The van der Waals surface area contributed by atoms with Crippen molar-refractivity contribution < 1.29 is 14.6 Å². The summed E-state index contributed by atoms with van der Waals surface area (Å²) in [5, 5.41) is 9.42. The third-order valence-corrected chi connectivity index (χ3v) is 1.66. The Labute approximate surface area is 72.6 Å². The number of hydrogen-bond donors (Lipinski definition) is 2. The zero-order valence-corrected chi connectivity index (χ0v) is 7.83. The Morgan fingerprint density at radius 2 is 2.25 bits per heavy atom. The third kappa shape index (κ3) is 3.06. The molecule has 0 saturated carbocycles. The second-order valence-corrected chi connectivity index (χ2v) is 3.98. The van der Waals surface area contributed by atoms with E-state index in [1.54, 1.807) is 20.8 Å². The Kier molecular flexibility index (Phi) is 2.45. The maximum Gasteiger partial charge on any atom is 0.165 e. The van der Waals surface area contributed by atoms with Gasteiger partial charge in [0.2, 0.25) is 0 Å². The van der Waals surface area contributed by atoms with Crippen molar-refractivity contribution in [3.8, 4) is 0 Å². The second-order valence-electron chi connectivity index (χ2n) is 3.98. The molecule has 0 bridgehead atoms. The van der Waals surface area contributed by atoms with E-state index >= 15 is 0 Å². The van der Waals surface area contributed by atoms with Gasteiger partial charge in [-0.25, -0.2) is 0 Å². The summed E-state index contributed by atoms with van der Waals surface area (Å²) in [6, 6.07) is 0. The Bertz CT molecular complexity index is 162. The molecule has 1 rings (SSSR count). The molecule has 4 nitrogen and oxygen atoms in total. The highest BCUT2D eigenvalue weighted by Crippen LogP contribution is 2.29. The molecule has 1 fully saturated rings. The molecule has 0 aromatic rings. The fourth-order valence-corrected chi connectivity index (χ4v) is 1.21. The van der Waals surface area contributed by atoms with Gasteiger partial charge in [-0.05, 0) is 20.8 Å². The van der Waals surface area contributed by atoms with Crippen LogP contribution in [-0.4, -0.2) is 22.9 Å². The van der Waals surface area contributed by atoms with Crippen LogP contribution in [0.2, 0.25) is 0 Å². The number of aliphatic hydroxyl groups is 1. The molecule has 1 aliphatic heterocycles. The van der Waals surface area contributed by atoms with Crippen molar-refractivity contribution in [3.05, 3.63) is 0 Å². The van der Waals surface area contributed by atoms with Crippen molar-refractivity contribution in [2.75, 3.05) is 0 Å². The first kappa shape index (κ1) is 9.92. The Morgan fingerprint density at radius 1 is 1.67 bits per heavy atom. The van der Waals surface area contributed by atoms with Crippen molar-refractivity contribution in [3.63, 3.8) is 0 Å². The van der Waals surface area contributed by atoms with Gasteiger partial charge < -0.3 is 20.3 Å². The van der Waals surface area contributed by atoms with E-state index in [0.717, 1.165) is 0 Å². The Hall–Kier alpha value is -0.160. The maximum absolute atomic E-state index is 9.42. The van der Waals surface area contributed by atoms with E-state index in [1.165, 1.54) is 0 Å². The van der Waals surface area contributed by atoms with Crippen LogP contribution in [0.3, 0.4) is 0 Å². The largest absolute Gasteiger partial charge is 0.366 e. The lowest BCUT2D eigenvalue weighted by molar-refractivity contribution is -0.264. The molecule has 4 heteroatoms. The summed E-state index contributed by atoms with van der Waals surface area (Å²) in [5.74, 6) is -1.05. The van der Waals surface area contributed by atoms with Gasteiger partial charge in [-0.3, -0.25) is 0 Å². The SMILES string of the molecule is CC(C)(N)OC1CCC(C)(O)O1. The molecule has 12 heavy (non-hydrogen) atoms. The highest BCUT2D eigenvalue weighted by Gasteiger charge is 2.36. The van der Waals surface area contributed by atoms with Gasteiger partial charge in [0.15, 0.2) is 12.1 Å². The fourth-order valence-electron chi connectivity index (χ4n) is 1.21. The van der Waals surface area contributed by atoms with E-state index in [-0.39, 0.29) is 6.29 Å². The first-order chi connectivity index (χ1) is 5.29. The second kappa shape index (κ2) is 2.96. The van der Waals surface area contributed by atoms with Gasteiger partial charge in [-0.2, -0.15) is 0 Å². The van der Waals surface area contributed by atoms with E-state index in [9.17, 15) is 5.11 Å². The lowest BCUT2D eigenvalue weighted by Crippen LogP contribution is -2.40. The first-order valence-electron chi connectivity index (χ1n) is 4.15. The van der Waals surface area contributed by atoms with E-state index < -0.39 is 11.5 Å². The molecular formula is C8H17NO3. The zero-order chi connectivity index (χ0) is 9.41. The van der Waals surface area contributed by atoms with Gasteiger partial charge >= 0.3 is 0 Å². The van der Waals surface area contributed by atoms with E-state index in [2.05, 4.69) is 0 Å². The van der Waals surface area contributed by atoms with Crippen molar-refractivity contribution in [2.24, 2.45) is 5.73 Å². The molecule has 0 aromatic heterocycles. The number of hydrogen-bond acceptors (Lipinski definition) is 4. The van der Waals surface area contributed by atoms with Gasteiger partial charge in [0, 0.05) is 12.8 Å². The van der Waals surface area contributed by atoms with Crippen LogP contribution in [0.15, 0.2) is 0 Å². The summed E-state index contributed by atoms with van der Waals surface area (Å²) in [7, 11) is 0. The number of rotatable bonds is 2. The molecule has 0 aromatic carbocycles. The van der Waals surface area contributed by atoms with Crippen LogP contribution < -0.4 is 5.73 Å². The minimum absolute atomic E-state index is 0.375. The van der Waals surface area contributed by atoms with Crippen molar-refractivity contribution in [1.82, 2.24) is 0 Å². The summed E-state index contributed by atoms with van der Waals surface area (Å²) in [5.41, 5.74) is 4.92. The number of nitrogens with two attached hydrogens (primary N) is 1. The van der Waals surface area contributed by atoms with Gasteiger partial charge in [-0.1, -0.05) is 0 Å². The van der Waals surface area contributed by atoms with E-state index in [1.807, 2.05) is 0 Å². The van der Waals surface area contributed by atoms with Crippen molar-refractivity contribution in [1.29, 1.82) is 0 Å². The quantitative estimate of drug-likeness (QED) is 0.601. The summed E-state index contributed by atoms with van der Waals surface area (Å²) in [4.78, 5) is 0. The average molecular weight is 175 g/mol. The molecule has 3 N–H and O–H groups in total. The normalized spacial score (nSPS) is 37.2. The topological polar surface area (TPSA) is 64.7 Å². The van der Waals surface area contributed by atoms with Crippen LogP contribution in [0.5, 0.6) is 0 Å². The average Bonchev–Trinajstić information content (AvgIpc) is 2.05. The molecule has 1 saturated heterocycles. The van der Waals surface area contributed by atoms with E-state index in [4.69, 9.17) is 15.2 Å². The summed E-state index contributed by atoms with van der Waals surface area (Å²) in [6.45, 7) is 5.13. The molecule has 2 atom stereocenters. The van der Waals surface area contributed by atoms with Crippen molar-refractivity contribution >= 4 is 0 Å². The van der Waals surface area contributed by atoms with Gasteiger partial charge in [0.05, 0.1) is 0 Å². The lowest BCUT2D eigenvalue weighted by atomic mass is 10.2. The molecular weight excluding hydrogens is 158 g/mol. The van der Waals surface area contributed by atoms with Crippen LogP contribution in [0.25, 0.3) is 0 Å². The molecule has 0 aliphatic carbocycles. The molecule has 72 valence electrons. The third-order valence-electron chi connectivity index (χ3n) is 1.66. The van der Waals surface area contributed by atoms with Crippen LogP contribution >= 0.6 is 0 Å². The van der Waals surface area contributed by atoms with Crippen LogP contribution in [0.4, 0.5) is 0 Å². The van der Waals surface area contributed by atoms with E-state index in [0.29, 0.717) is 12.8 Å². The first-order valence-corrected chi connectivity index (χ1v) is 4.15. The molecule has 0 radical (unpaired) electrons. The maximum atomic E-state index is 9.42. The smallest absolute Gasteiger partial charge is 0.165 e. The summed E-state index contributed by atoms with van der Waals surface area (Å²) < 4.78 is 10.5. The van der Waals surface area contributed by atoms with Crippen LogP contribution in [0.1, 0.15) is 33.6 Å². The molecule has 0 amide bonds. The minimum atomic E-state index is -1.05. The lowest BCUT2D eigenvalue weighted by Gasteiger charge is -2.25. The Balaban J connectivity index is 2.39. The molecule has 0 spiro atoms. The highest BCUT2D eigenvalue weighted by atomic mass is 16.8. The molecule has 2 unspecified atom stereocenters. The van der Waals surface area contributed by atoms with Crippen molar-refractivity contribution in [2.45, 2.75) is 51.4 Å². The standard InChI is InChI=1S/C8H17NO3/c1-7(2,9)11-6-4-5-8(3,10)12-6/h6,10H,4-5,9H2,1-3H3. The monoisotopic (exact) mass is 175 g/mol. The minimum Gasteiger partial charge on any atom is -0.366 e.